The van der Waals surface area contributed by atoms with Gasteiger partial charge in [0.05, 0.1) is 0 Å². The van der Waals surface area contributed by atoms with Gasteiger partial charge in [-0.3, -0.25) is 4.98 Å². The van der Waals surface area contributed by atoms with Crippen molar-refractivity contribution in [3.8, 4) is 0 Å². The van der Waals surface area contributed by atoms with Crippen molar-refractivity contribution in [2.75, 3.05) is 6.54 Å². The van der Waals surface area contributed by atoms with E-state index in [1.54, 1.807) is 0 Å². The summed E-state index contributed by atoms with van der Waals surface area (Å²) in [6, 6.07) is 10.0. The van der Waals surface area contributed by atoms with Crippen molar-refractivity contribution in [1.29, 1.82) is 0 Å². The minimum absolute atomic E-state index is 0.150. The van der Waals surface area contributed by atoms with Crippen LogP contribution in [0.15, 0.2) is 36.5 Å². The normalized spacial score (nSPS) is 18.5. The number of likely N-dealkylation sites (N-methyl/N-ethyl adjacent to an activating group) is 1. The fourth-order valence-electron chi connectivity index (χ4n) is 3.21. The zero-order chi connectivity index (χ0) is 14.8. The maximum atomic E-state index is 6.41. The van der Waals surface area contributed by atoms with E-state index in [0.29, 0.717) is 5.92 Å². The van der Waals surface area contributed by atoms with Gasteiger partial charge in [0.15, 0.2) is 0 Å². The van der Waals surface area contributed by atoms with Crippen molar-refractivity contribution in [2.24, 2.45) is 0 Å². The largest absolute Gasteiger partial charge is 0.310 e. The molecule has 1 aliphatic rings. The Kier molecular flexibility index (Phi) is 4.48. The van der Waals surface area contributed by atoms with Crippen LogP contribution in [0.3, 0.4) is 0 Å². The molecule has 1 aromatic carbocycles. The van der Waals surface area contributed by atoms with E-state index < -0.39 is 0 Å². The number of halogens is 2. The molecule has 1 aliphatic carbocycles. The van der Waals surface area contributed by atoms with Crippen molar-refractivity contribution in [2.45, 2.75) is 31.7 Å². The van der Waals surface area contributed by atoms with E-state index in [0.717, 1.165) is 35.0 Å². The van der Waals surface area contributed by atoms with E-state index in [4.69, 9.17) is 23.2 Å². The Morgan fingerprint density at radius 2 is 2.19 bits per heavy atom. The molecule has 2 nitrogen and oxygen atoms in total. The lowest BCUT2D eigenvalue weighted by Gasteiger charge is -2.26. The first-order valence-electron chi connectivity index (χ1n) is 7.32. The van der Waals surface area contributed by atoms with Gasteiger partial charge in [0, 0.05) is 33.9 Å². The summed E-state index contributed by atoms with van der Waals surface area (Å²) in [6.07, 6.45) is 4.04. The van der Waals surface area contributed by atoms with Crippen LogP contribution in [0, 0.1) is 0 Å². The summed E-state index contributed by atoms with van der Waals surface area (Å²) < 4.78 is 0. The zero-order valence-corrected chi connectivity index (χ0v) is 13.5. The van der Waals surface area contributed by atoms with Crippen molar-refractivity contribution in [3.63, 3.8) is 0 Å². The number of rotatable bonds is 4. The average molecular weight is 321 g/mol. The number of hydrogen-bond donors (Lipinski definition) is 1. The number of nitrogens with zero attached hydrogens (tertiary/aromatic N) is 1. The highest BCUT2D eigenvalue weighted by atomic mass is 35.5. The van der Waals surface area contributed by atoms with E-state index in [9.17, 15) is 0 Å². The monoisotopic (exact) mass is 320 g/mol. The smallest absolute Gasteiger partial charge is 0.0485 e. The Hall–Kier alpha value is -1.09. The fourth-order valence-corrected chi connectivity index (χ4v) is 3.63. The van der Waals surface area contributed by atoms with E-state index in [-0.39, 0.29) is 6.04 Å². The Bertz CT molecular complexity index is 642. The first-order valence-corrected chi connectivity index (χ1v) is 8.08. The van der Waals surface area contributed by atoms with E-state index in [1.165, 1.54) is 11.3 Å². The van der Waals surface area contributed by atoms with Gasteiger partial charge in [0.1, 0.15) is 0 Å². The van der Waals surface area contributed by atoms with Crippen LogP contribution in [0.4, 0.5) is 0 Å². The first kappa shape index (κ1) is 14.8. The molecule has 0 bridgehead atoms. The fraction of sp³-hybridized carbons (Fsp3) is 0.353. The third-order valence-electron chi connectivity index (χ3n) is 4.12. The van der Waals surface area contributed by atoms with Gasteiger partial charge in [-0.05, 0) is 54.8 Å². The molecular weight excluding hydrogens is 303 g/mol. The summed E-state index contributed by atoms with van der Waals surface area (Å²) >= 11 is 12.6. The summed E-state index contributed by atoms with van der Waals surface area (Å²) in [4.78, 5) is 4.61. The molecule has 3 rings (SSSR count). The Balaban J connectivity index is 2.01. The molecule has 0 saturated heterocycles. The first-order chi connectivity index (χ1) is 10.2. The van der Waals surface area contributed by atoms with Gasteiger partial charge >= 0.3 is 0 Å². The highest BCUT2D eigenvalue weighted by molar-refractivity contribution is 6.33. The molecule has 0 radical (unpaired) electrons. The number of aryl methyl sites for hydroxylation is 1. The molecule has 21 heavy (non-hydrogen) atoms. The van der Waals surface area contributed by atoms with Gasteiger partial charge in [-0.25, -0.2) is 0 Å². The number of hydrogen-bond acceptors (Lipinski definition) is 2. The summed E-state index contributed by atoms with van der Waals surface area (Å²) in [7, 11) is 0. The molecule has 0 aliphatic heterocycles. The van der Waals surface area contributed by atoms with Crippen LogP contribution in [-0.4, -0.2) is 11.5 Å². The minimum Gasteiger partial charge on any atom is -0.310 e. The molecule has 0 spiro atoms. The SMILES string of the molecule is CCNC(c1cc(Cl)ccc1Cl)C1CCc2cccnc21. The molecule has 1 N–H and O–H groups in total. The number of pyridine rings is 1. The molecule has 110 valence electrons. The third kappa shape index (κ3) is 2.94. The maximum absolute atomic E-state index is 6.41. The molecule has 1 aromatic heterocycles. The van der Waals surface area contributed by atoms with Crippen molar-refractivity contribution < 1.29 is 0 Å². The van der Waals surface area contributed by atoms with E-state index in [1.807, 2.05) is 30.5 Å². The number of benzene rings is 1. The van der Waals surface area contributed by atoms with Gasteiger partial charge in [-0.15, -0.1) is 0 Å². The van der Waals surface area contributed by atoms with Crippen LogP contribution in [0.1, 0.15) is 42.1 Å². The van der Waals surface area contributed by atoms with Crippen molar-refractivity contribution in [3.05, 3.63) is 63.4 Å². The van der Waals surface area contributed by atoms with Crippen LogP contribution in [0.5, 0.6) is 0 Å². The Morgan fingerprint density at radius 3 is 3.00 bits per heavy atom. The lowest BCUT2D eigenvalue weighted by Crippen LogP contribution is -2.26. The van der Waals surface area contributed by atoms with Crippen LogP contribution >= 0.6 is 23.2 Å². The Labute approximate surface area is 135 Å². The molecule has 0 saturated carbocycles. The molecule has 0 fully saturated rings. The highest BCUT2D eigenvalue weighted by Gasteiger charge is 2.32. The van der Waals surface area contributed by atoms with Crippen LogP contribution in [0.2, 0.25) is 10.0 Å². The average Bonchev–Trinajstić information content (AvgIpc) is 2.91. The predicted octanol–water partition coefficient (Wildman–Crippen LogP) is 4.77. The molecule has 4 heteroatoms. The molecular formula is C17H18Cl2N2. The number of nitrogens with one attached hydrogen (secondary N) is 1. The number of fused-ring (bicyclic) bond motifs is 1. The predicted molar refractivity (Wildman–Crippen MR) is 88.2 cm³/mol. The van der Waals surface area contributed by atoms with Gasteiger partial charge in [0.25, 0.3) is 0 Å². The molecule has 0 amide bonds. The second kappa shape index (κ2) is 6.35. The second-order valence-corrected chi connectivity index (χ2v) is 6.24. The zero-order valence-electron chi connectivity index (χ0n) is 11.9. The Morgan fingerprint density at radius 1 is 1.33 bits per heavy atom. The van der Waals surface area contributed by atoms with Gasteiger partial charge in [0.2, 0.25) is 0 Å². The maximum Gasteiger partial charge on any atom is 0.0485 e. The van der Waals surface area contributed by atoms with Gasteiger partial charge < -0.3 is 5.32 Å². The second-order valence-electron chi connectivity index (χ2n) is 5.39. The lowest BCUT2D eigenvalue weighted by atomic mass is 9.90. The van der Waals surface area contributed by atoms with E-state index >= 15 is 0 Å². The minimum atomic E-state index is 0.150. The molecule has 2 unspecified atom stereocenters. The summed E-state index contributed by atoms with van der Waals surface area (Å²) in [5.41, 5.74) is 3.61. The van der Waals surface area contributed by atoms with E-state index in [2.05, 4.69) is 23.3 Å². The quantitative estimate of drug-likeness (QED) is 0.877. The van der Waals surface area contributed by atoms with Crippen molar-refractivity contribution >= 4 is 23.2 Å². The topological polar surface area (TPSA) is 24.9 Å². The van der Waals surface area contributed by atoms with Crippen LogP contribution in [0.25, 0.3) is 0 Å². The summed E-state index contributed by atoms with van der Waals surface area (Å²) in [5.74, 6) is 0.345. The third-order valence-corrected chi connectivity index (χ3v) is 4.70. The summed E-state index contributed by atoms with van der Waals surface area (Å²) in [5, 5.41) is 5.04. The lowest BCUT2D eigenvalue weighted by molar-refractivity contribution is 0.447. The van der Waals surface area contributed by atoms with Gasteiger partial charge in [-0.2, -0.15) is 0 Å². The molecule has 2 aromatic rings. The molecule has 1 heterocycles. The van der Waals surface area contributed by atoms with Crippen molar-refractivity contribution in [1.82, 2.24) is 10.3 Å². The number of aromatic nitrogens is 1. The standard InChI is InChI=1S/C17H18Cl2N2/c1-2-20-17(14-10-12(18)6-8-15(14)19)13-7-5-11-4-3-9-21-16(11)13/h3-4,6,8-10,13,17,20H,2,5,7H2,1H3. The van der Waals surface area contributed by atoms with Crippen LogP contribution < -0.4 is 5.32 Å². The van der Waals surface area contributed by atoms with Gasteiger partial charge in [-0.1, -0.05) is 36.2 Å². The summed E-state index contributed by atoms with van der Waals surface area (Å²) in [6.45, 7) is 2.99. The molecule has 2 atom stereocenters. The van der Waals surface area contributed by atoms with Crippen LogP contribution in [-0.2, 0) is 6.42 Å². The highest BCUT2D eigenvalue weighted by Crippen LogP contribution is 2.42.